The zero-order valence-electron chi connectivity index (χ0n) is 14.9. The lowest BCUT2D eigenvalue weighted by atomic mass is 9.98. The maximum Gasteiger partial charge on any atom is 0.426 e. The predicted molar refractivity (Wildman–Crippen MR) is 105 cm³/mol. The summed E-state index contributed by atoms with van der Waals surface area (Å²) >= 11 is 0. The predicted octanol–water partition coefficient (Wildman–Crippen LogP) is 3.05. The van der Waals surface area contributed by atoms with Crippen molar-refractivity contribution in [2.45, 2.75) is 5.92 Å². The van der Waals surface area contributed by atoms with Gasteiger partial charge in [0.05, 0.1) is 5.56 Å². The fourth-order valence-corrected chi connectivity index (χ4v) is 3.36. The van der Waals surface area contributed by atoms with Crippen molar-refractivity contribution in [3.63, 3.8) is 0 Å². The fraction of sp³-hybridized carbons (Fsp3) is 0.0952. The molecule has 0 saturated heterocycles. The summed E-state index contributed by atoms with van der Waals surface area (Å²) in [6, 6.07) is 19.3. The molecule has 0 spiro atoms. The van der Waals surface area contributed by atoms with E-state index < -0.39 is 12.0 Å². The molecule has 140 valence electrons. The fourth-order valence-electron chi connectivity index (χ4n) is 3.36. The molecule has 0 saturated carbocycles. The van der Waals surface area contributed by atoms with Crippen molar-refractivity contribution in [1.29, 1.82) is 0 Å². The van der Waals surface area contributed by atoms with Gasteiger partial charge in [0.15, 0.2) is 0 Å². The van der Waals surface area contributed by atoms with E-state index in [-0.39, 0.29) is 18.1 Å². The molecule has 4 rings (SSSR count). The number of hydrazine groups is 1. The van der Waals surface area contributed by atoms with Gasteiger partial charge >= 0.3 is 6.09 Å². The number of nitrogens with zero attached hydrogens (tertiary/aromatic N) is 1. The van der Waals surface area contributed by atoms with Crippen LogP contribution in [-0.2, 0) is 4.74 Å². The molecule has 7 heteroatoms. The summed E-state index contributed by atoms with van der Waals surface area (Å²) in [6.45, 7) is 0.218. The Bertz CT molecular complexity index is 988. The number of hydrogen-bond acceptors (Lipinski definition) is 5. The zero-order valence-corrected chi connectivity index (χ0v) is 14.9. The van der Waals surface area contributed by atoms with Crippen molar-refractivity contribution in [3.8, 4) is 11.1 Å². The molecule has 7 nitrogen and oxygen atoms in total. The number of ether oxygens (including phenoxy) is 1. The number of carbonyl (C=O) groups is 2. The third-order valence-electron chi connectivity index (χ3n) is 4.68. The number of benzene rings is 2. The number of amides is 2. The van der Waals surface area contributed by atoms with Crippen LogP contribution in [0.2, 0.25) is 0 Å². The molecule has 1 aliphatic carbocycles. The van der Waals surface area contributed by atoms with Crippen LogP contribution in [0.1, 0.15) is 27.4 Å². The van der Waals surface area contributed by atoms with E-state index in [9.17, 15) is 9.59 Å². The highest BCUT2D eigenvalue weighted by molar-refractivity contribution is 5.92. The first-order valence-electron chi connectivity index (χ1n) is 8.76. The molecule has 3 aromatic rings. The molecule has 0 fully saturated rings. The van der Waals surface area contributed by atoms with Crippen molar-refractivity contribution in [2.24, 2.45) is 5.73 Å². The molecule has 1 aromatic heterocycles. The van der Waals surface area contributed by atoms with Crippen LogP contribution in [0.4, 0.5) is 10.6 Å². The van der Waals surface area contributed by atoms with Crippen LogP contribution in [0.15, 0.2) is 66.9 Å². The second kappa shape index (κ2) is 7.40. The minimum atomic E-state index is -0.623. The van der Waals surface area contributed by atoms with Crippen LogP contribution in [0.5, 0.6) is 0 Å². The highest BCUT2D eigenvalue weighted by Crippen LogP contribution is 2.44. The molecule has 0 atom stereocenters. The summed E-state index contributed by atoms with van der Waals surface area (Å²) in [5, 5.41) is 0. The zero-order chi connectivity index (χ0) is 19.5. The molecule has 28 heavy (non-hydrogen) atoms. The van der Waals surface area contributed by atoms with E-state index in [0.29, 0.717) is 5.82 Å². The minimum Gasteiger partial charge on any atom is -0.447 e. The smallest absolute Gasteiger partial charge is 0.426 e. The number of pyridine rings is 1. The van der Waals surface area contributed by atoms with Gasteiger partial charge in [0.1, 0.15) is 12.4 Å². The van der Waals surface area contributed by atoms with Gasteiger partial charge in [0, 0.05) is 12.1 Å². The average molecular weight is 374 g/mol. The number of fused-ring (bicyclic) bond motifs is 3. The van der Waals surface area contributed by atoms with E-state index in [4.69, 9.17) is 10.5 Å². The molecular formula is C21H18N4O3. The summed E-state index contributed by atoms with van der Waals surface area (Å²) < 4.78 is 5.41. The molecule has 4 N–H and O–H groups in total. The van der Waals surface area contributed by atoms with E-state index in [0.717, 1.165) is 11.1 Å². The number of carbonyl (C=O) groups excluding carboxylic acids is 2. The van der Waals surface area contributed by atoms with Crippen molar-refractivity contribution in [3.05, 3.63) is 83.6 Å². The van der Waals surface area contributed by atoms with Gasteiger partial charge in [-0.3, -0.25) is 10.2 Å². The maximum atomic E-state index is 12.1. The van der Waals surface area contributed by atoms with Crippen molar-refractivity contribution in [1.82, 2.24) is 10.4 Å². The highest BCUT2D eigenvalue weighted by Gasteiger charge is 2.28. The van der Waals surface area contributed by atoms with Crippen LogP contribution in [0.25, 0.3) is 11.1 Å². The van der Waals surface area contributed by atoms with Crippen molar-refractivity contribution >= 4 is 17.8 Å². The number of aromatic nitrogens is 1. The maximum absolute atomic E-state index is 12.1. The second-order valence-electron chi connectivity index (χ2n) is 6.37. The Morgan fingerprint density at radius 2 is 1.61 bits per heavy atom. The number of rotatable bonds is 5. The molecule has 0 unspecified atom stereocenters. The Morgan fingerprint density at radius 1 is 0.964 bits per heavy atom. The molecule has 2 aromatic carbocycles. The van der Waals surface area contributed by atoms with E-state index in [1.165, 1.54) is 29.5 Å². The third kappa shape index (κ3) is 3.37. The number of nitrogens with one attached hydrogen (secondary N) is 2. The first-order chi connectivity index (χ1) is 13.6. The largest absolute Gasteiger partial charge is 0.447 e. The first kappa shape index (κ1) is 17.5. The number of primary amides is 1. The van der Waals surface area contributed by atoms with Crippen LogP contribution in [0, 0.1) is 0 Å². The summed E-state index contributed by atoms with van der Waals surface area (Å²) in [5.74, 6) is -0.215. The van der Waals surface area contributed by atoms with Crippen molar-refractivity contribution in [2.75, 3.05) is 12.0 Å². The van der Waals surface area contributed by atoms with E-state index in [1.807, 2.05) is 24.3 Å². The molecule has 2 amide bonds. The summed E-state index contributed by atoms with van der Waals surface area (Å²) in [7, 11) is 0. The Balaban J connectivity index is 1.38. The molecule has 0 radical (unpaired) electrons. The molecule has 0 aliphatic heterocycles. The van der Waals surface area contributed by atoms with Crippen molar-refractivity contribution < 1.29 is 14.3 Å². The SMILES string of the molecule is NC(=O)c1ccc(NNC(=O)OCC2c3ccccc3-c3ccccc32)nc1. The number of nitrogens with two attached hydrogens (primary N) is 1. The Hall–Kier alpha value is -3.87. The lowest BCUT2D eigenvalue weighted by Crippen LogP contribution is -2.31. The van der Waals surface area contributed by atoms with Gasteiger partial charge in [-0.2, -0.15) is 0 Å². The lowest BCUT2D eigenvalue weighted by molar-refractivity contribution is 0.1000. The summed E-state index contributed by atoms with van der Waals surface area (Å²) in [4.78, 5) is 27.1. The van der Waals surface area contributed by atoms with Crippen LogP contribution < -0.4 is 16.6 Å². The minimum absolute atomic E-state index is 0.00822. The number of hydrogen-bond donors (Lipinski definition) is 3. The van der Waals surface area contributed by atoms with Crippen LogP contribution in [0.3, 0.4) is 0 Å². The van der Waals surface area contributed by atoms with Crippen LogP contribution in [-0.4, -0.2) is 23.6 Å². The second-order valence-corrected chi connectivity index (χ2v) is 6.37. The molecular weight excluding hydrogens is 356 g/mol. The Kier molecular flexibility index (Phi) is 4.63. The van der Waals surface area contributed by atoms with E-state index >= 15 is 0 Å². The van der Waals surface area contributed by atoms with Gasteiger partial charge in [0.25, 0.3) is 0 Å². The van der Waals surface area contributed by atoms with E-state index in [2.05, 4.69) is 40.1 Å². The summed E-state index contributed by atoms with van der Waals surface area (Å²) in [5.41, 5.74) is 15.1. The van der Waals surface area contributed by atoms with E-state index in [1.54, 1.807) is 0 Å². The molecule has 1 heterocycles. The lowest BCUT2D eigenvalue weighted by Gasteiger charge is -2.15. The van der Waals surface area contributed by atoms with Gasteiger partial charge in [-0.15, -0.1) is 0 Å². The first-order valence-corrected chi connectivity index (χ1v) is 8.76. The van der Waals surface area contributed by atoms with Crippen LogP contribution >= 0.6 is 0 Å². The topological polar surface area (TPSA) is 106 Å². The summed E-state index contributed by atoms with van der Waals surface area (Å²) in [6.07, 6.45) is 0.701. The monoisotopic (exact) mass is 374 g/mol. The quantitative estimate of drug-likeness (QED) is 0.595. The van der Waals surface area contributed by atoms with Gasteiger partial charge in [-0.05, 0) is 34.4 Å². The highest BCUT2D eigenvalue weighted by atomic mass is 16.6. The van der Waals surface area contributed by atoms with Gasteiger partial charge in [-0.25, -0.2) is 15.2 Å². The normalized spacial score (nSPS) is 12.0. The van der Waals surface area contributed by atoms with Gasteiger partial charge < -0.3 is 10.5 Å². The van der Waals surface area contributed by atoms with Gasteiger partial charge in [0.2, 0.25) is 5.91 Å². The number of anilines is 1. The molecule has 1 aliphatic rings. The average Bonchev–Trinajstić information content (AvgIpc) is 3.05. The standard InChI is InChI=1S/C21H18N4O3/c22-20(26)13-9-10-19(23-11-13)24-25-21(27)28-12-18-16-7-3-1-5-14(16)15-6-2-4-8-17(15)18/h1-11,18H,12H2,(H2,22,26)(H,23,24)(H,25,27). The van der Waals surface area contributed by atoms with Gasteiger partial charge in [-0.1, -0.05) is 48.5 Å². The molecule has 0 bridgehead atoms. The Morgan fingerprint density at radius 3 is 2.18 bits per heavy atom. The Labute approximate surface area is 161 Å². The third-order valence-corrected chi connectivity index (χ3v) is 4.68.